The summed E-state index contributed by atoms with van der Waals surface area (Å²) in [5.41, 5.74) is 2.96. The monoisotopic (exact) mass is 299 g/mol. The second kappa shape index (κ2) is 5.82. The third kappa shape index (κ3) is 2.78. The minimum absolute atomic E-state index is 0.0335. The first-order chi connectivity index (χ1) is 10.8. The van der Waals surface area contributed by atoms with E-state index < -0.39 is 0 Å². The lowest BCUT2D eigenvalue weighted by molar-refractivity contribution is 0.0254. The van der Waals surface area contributed by atoms with Crippen molar-refractivity contribution in [2.45, 2.75) is 50.9 Å². The number of benzene rings is 1. The molecule has 0 bridgehead atoms. The summed E-state index contributed by atoms with van der Waals surface area (Å²) in [5.74, 6) is 1.29. The predicted molar refractivity (Wildman–Crippen MR) is 81.5 cm³/mol. The van der Waals surface area contributed by atoms with Crippen LogP contribution in [0, 0.1) is 6.92 Å². The lowest BCUT2D eigenvalue weighted by atomic mass is 10.1. The molecule has 116 valence electrons. The van der Waals surface area contributed by atoms with Crippen LogP contribution < -0.4 is 5.32 Å². The summed E-state index contributed by atoms with van der Waals surface area (Å²) in [7, 11) is 0. The first kappa shape index (κ1) is 13.9. The molecule has 22 heavy (non-hydrogen) atoms. The first-order valence-electron chi connectivity index (χ1n) is 8.04. The van der Waals surface area contributed by atoms with E-state index in [0.29, 0.717) is 17.8 Å². The van der Waals surface area contributed by atoms with Gasteiger partial charge in [0.05, 0.1) is 6.10 Å². The Balaban J connectivity index is 1.28. The fourth-order valence-corrected chi connectivity index (χ4v) is 3.48. The number of hydrogen-bond acceptors (Lipinski definition) is 5. The topological polar surface area (TPSA) is 60.2 Å². The number of aromatic nitrogens is 2. The SMILES string of the molecule is Cc1noc([C@@H]2CC[C@H](CNC3Cc4ccccc4C3)O2)n1. The molecule has 0 amide bonds. The van der Waals surface area contributed by atoms with E-state index in [-0.39, 0.29) is 12.2 Å². The molecule has 2 atom stereocenters. The quantitative estimate of drug-likeness (QED) is 0.939. The Morgan fingerprint density at radius 3 is 2.64 bits per heavy atom. The van der Waals surface area contributed by atoms with Gasteiger partial charge in [0, 0.05) is 12.6 Å². The maximum atomic E-state index is 6.04. The molecule has 1 aliphatic carbocycles. The van der Waals surface area contributed by atoms with Crippen molar-refractivity contribution < 1.29 is 9.26 Å². The molecule has 0 saturated carbocycles. The zero-order valence-corrected chi connectivity index (χ0v) is 12.8. The van der Waals surface area contributed by atoms with E-state index in [1.165, 1.54) is 11.1 Å². The van der Waals surface area contributed by atoms with Crippen molar-refractivity contribution in [1.29, 1.82) is 0 Å². The van der Waals surface area contributed by atoms with Gasteiger partial charge in [-0.3, -0.25) is 0 Å². The van der Waals surface area contributed by atoms with Crippen molar-refractivity contribution in [3.05, 3.63) is 47.1 Å². The van der Waals surface area contributed by atoms with Crippen molar-refractivity contribution in [1.82, 2.24) is 15.5 Å². The van der Waals surface area contributed by atoms with E-state index >= 15 is 0 Å². The maximum Gasteiger partial charge on any atom is 0.255 e. The third-order valence-corrected chi connectivity index (χ3v) is 4.61. The van der Waals surface area contributed by atoms with Crippen LogP contribution >= 0.6 is 0 Å². The molecule has 0 spiro atoms. The summed E-state index contributed by atoms with van der Waals surface area (Å²) in [6.45, 7) is 2.72. The normalized spacial score (nSPS) is 24.8. The number of rotatable bonds is 4. The molecule has 1 fully saturated rings. The number of aryl methyl sites for hydroxylation is 1. The number of hydrogen-bond donors (Lipinski definition) is 1. The second-order valence-corrected chi connectivity index (χ2v) is 6.29. The minimum Gasteiger partial charge on any atom is -0.364 e. The summed E-state index contributed by atoms with van der Waals surface area (Å²) in [5, 5.41) is 7.49. The lowest BCUT2D eigenvalue weighted by Crippen LogP contribution is -2.35. The summed E-state index contributed by atoms with van der Waals surface area (Å²) in [6.07, 6.45) is 4.44. The smallest absolute Gasteiger partial charge is 0.255 e. The Labute approximate surface area is 130 Å². The molecular weight excluding hydrogens is 278 g/mol. The van der Waals surface area contributed by atoms with Gasteiger partial charge >= 0.3 is 0 Å². The molecule has 0 radical (unpaired) electrons. The highest BCUT2D eigenvalue weighted by molar-refractivity contribution is 5.33. The summed E-state index contributed by atoms with van der Waals surface area (Å²) >= 11 is 0. The van der Waals surface area contributed by atoms with Gasteiger partial charge in [0.15, 0.2) is 5.82 Å². The van der Waals surface area contributed by atoms with E-state index in [1.807, 2.05) is 6.92 Å². The molecule has 5 heteroatoms. The highest BCUT2D eigenvalue weighted by atomic mass is 16.5. The Morgan fingerprint density at radius 1 is 1.18 bits per heavy atom. The average Bonchev–Trinajstić information content (AvgIpc) is 3.23. The van der Waals surface area contributed by atoms with Crippen LogP contribution in [0.15, 0.2) is 28.8 Å². The molecule has 2 aliphatic rings. The third-order valence-electron chi connectivity index (χ3n) is 4.61. The van der Waals surface area contributed by atoms with E-state index in [1.54, 1.807) is 0 Å². The summed E-state index contributed by atoms with van der Waals surface area (Å²) in [4.78, 5) is 4.27. The minimum atomic E-state index is -0.0335. The lowest BCUT2D eigenvalue weighted by Gasteiger charge is -2.16. The number of fused-ring (bicyclic) bond motifs is 1. The number of ether oxygens (including phenoxy) is 1. The maximum absolute atomic E-state index is 6.04. The Hall–Kier alpha value is -1.72. The molecule has 1 aromatic carbocycles. The Kier molecular flexibility index (Phi) is 3.68. The first-order valence-corrected chi connectivity index (χ1v) is 8.04. The van der Waals surface area contributed by atoms with Gasteiger partial charge in [0.2, 0.25) is 0 Å². The Bertz CT molecular complexity index is 630. The van der Waals surface area contributed by atoms with Crippen molar-refractivity contribution in [3.8, 4) is 0 Å². The largest absolute Gasteiger partial charge is 0.364 e. The number of nitrogens with zero attached hydrogens (tertiary/aromatic N) is 2. The average molecular weight is 299 g/mol. The van der Waals surface area contributed by atoms with Crippen LogP contribution in [0.1, 0.15) is 41.8 Å². The van der Waals surface area contributed by atoms with Gasteiger partial charge < -0.3 is 14.6 Å². The fraction of sp³-hybridized carbons (Fsp3) is 0.529. The van der Waals surface area contributed by atoms with Crippen LogP contribution in [0.2, 0.25) is 0 Å². The highest BCUT2D eigenvalue weighted by Gasteiger charge is 2.31. The summed E-state index contributed by atoms with van der Waals surface area (Å²) in [6, 6.07) is 9.25. The van der Waals surface area contributed by atoms with Gasteiger partial charge in [-0.2, -0.15) is 4.98 Å². The number of nitrogens with one attached hydrogen (secondary N) is 1. The molecule has 0 unspecified atom stereocenters. The molecular formula is C17H21N3O2. The molecule has 1 aliphatic heterocycles. The summed E-state index contributed by atoms with van der Waals surface area (Å²) < 4.78 is 11.2. The van der Waals surface area contributed by atoms with Gasteiger partial charge in [0.1, 0.15) is 6.10 Å². The van der Waals surface area contributed by atoms with Crippen LogP contribution in [0.3, 0.4) is 0 Å². The highest BCUT2D eigenvalue weighted by Crippen LogP contribution is 2.31. The van der Waals surface area contributed by atoms with Crippen LogP contribution in [0.25, 0.3) is 0 Å². The molecule has 4 rings (SSSR count). The molecule has 1 N–H and O–H groups in total. The zero-order chi connectivity index (χ0) is 14.9. The van der Waals surface area contributed by atoms with E-state index in [4.69, 9.17) is 9.26 Å². The van der Waals surface area contributed by atoms with Crippen molar-refractivity contribution >= 4 is 0 Å². The van der Waals surface area contributed by atoms with Crippen LogP contribution in [0.4, 0.5) is 0 Å². The van der Waals surface area contributed by atoms with E-state index in [0.717, 1.165) is 32.2 Å². The molecule has 2 aromatic rings. The Morgan fingerprint density at radius 2 is 1.95 bits per heavy atom. The van der Waals surface area contributed by atoms with Gasteiger partial charge in [-0.25, -0.2) is 0 Å². The fourth-order valence-electron chi connectivity index (χ4n) is 3.48. The molecule has 1 saturated heterocycles. The van der Waals surface area contributed by atoms with E-state index in [2.05, 4.69) is 39.7 Å². The van der Waals surface area contributed by atoms with Gasteiger partial charge in [-0.15, -0.1) is 0 Å². The van der Waals surface area contributed by atoms with Crippen LogP contribution in [-0.4, -0.2) is 28.8 Å². The van der Waals surface area contributed by atoms with Gasteiger partial charge in [-0.05, 0) is 43.7 Å². The van der Waals surface area contributed by atoms with Gasteiger partial charge in [-0.1, -0.05) is 29.4 Å². The van der Waals surface area contributed by atoms with Crippen LogP contribution in [0.5, 0.6) is 0 Å². The molecule has 5 nitrogen and oxygen atoms in total. The molecule has 1 aromatic heterocycles. The van der Waals surface area contributed by atoms with Crippen molar-refractivity contribution in [2.75, 3.05) is 6.54 Å². The van der Waals surface area contributed by atoms with Gasteiger partial charge in [0.25, 0.3) is 5.89 Å². The van der Waals surface area contributed by atoms with E-state index in [9.17, 15) is 0 Å². The zero-order valence-electron chi connectivity index (χ0n) is 12.8. The van der Waals surface area contributed by atoms with Crippen molar-refractivity contribution in [2.24, 2.45) is 0 Å². The second-order valence-electron chi connectivity index (χ2n) is 6.29. The predicted octanol–water partition coefficient (Wildman–Crippen LogP) is 2.36. The van der Waals surface area contributed by atoms with Crippen LogP contribution in [-0.2, 0) is 17.6 Å². The van der Waals surface area contributed by atoms with Crippen molar-refractivity contribution in [3.63, 3.8) is 0 Å². The molecule has 2 heterocycles. The standard InChI is InChI=1S/C17H21N3O2/c1-11-19-17(22-20-11)16-7-6-15(21-16)10-18-14-8-12-4-2-3-5-13(12)9-14/h2-5,14-16,18H,6-10H2,1H3/t15-,16+/m1/s1.